The van der Waals surface area contributed by atoms with Crippen LogP contribution in [0.5, 0.6) is 0 Å². The van der Waals surface area contributed by atoms with Gasteiger partial charge < -0.3 is 0 Å². The average Bonchev–Trinajstić information content (AvgIpc) is 2.21. The van der Waals surface area contributed by atoms with Gasteiger partial charge in [0.1, 0.15) is 9.49 Å². The van der Waals surface area contributed by atoms with E-state index in [1.807, 2.05) is 0 Å². The first-order valence-corrected chi connectivity index (χ1v) is 4.12. The second-order valence-corrected chi connectivity index (χ2v) is 3.82. The normalized spacial score (nSPS) is 11.0. The molecule has 52 valence electrons. The molecule has 0 radical (unpaired) electrons. The van der Waals surface area contributed by atoms with Gasteiger partial charge >= 0.3 is 0 Å². The van der Waals surface area contributed by atoms with E-state index in [1.54, 1.807) is 16.8 Å². The molecule has 0 saturated carbocycles. The number of aromatic nitrogens is 2. The van der Waals surface area contributed by atoms with E-state index in [1.165, 1.54) is 11.3 Å². The summed E-state index contributed by atoms with van der Waals surface area (Å²) in [5.74, 6) is 0. The molecular formula is C5H2Cl2N2S. The average molecular weight is 193 g/mol. The van der Waals surface area contributed by atoms with Gasteiger partial charge in [0.25, 0.3) is 0 Å². The van der Waals surface area contributed by atoms with Crippen LogP contribution in [0.15, 0.2) is 12.4 Å². The fourth-order valence-corrected chi connectivity index (χ4v) is 1.98. The number of rotatable bonds is 0. The lowest BCUT2D eigenvalue weighted by molar-refractivity contribution is 1.23. The van der Waals surface area contributed by atoms with Crippen molar-refractivity contribution in [1.82, 2.24) is 9.38 Å². The molecule has 0 N–H and O–H groups in total. The number of nitrogens with zero attached hydrogens (tertiary/aromatic N) is 2. The van der Waals surface area contributed by atoms with Gasteiger partial charge in [-0.15, -0.1) is 0 Å². The molecule has 0 aliphatic rings. The van der Waals surface area contributed by atoms with E-state index in [4.69, 9.17) is 23.2 Å². The van der Waals surface area contributed by atoms with E-state index in [0.717, 1.165) is 9.30 Å². The molecule has 5 heteroatoms. The number of hydrogen-bond donors (Lipinski definition) is 0. The van der Waals surface area contributed by atoms with Gasteiger partial charge in [0, 0.05) is 12.4 Å². The van der Waals surface area contributed by atoms with Crippen LogP contribution in [0, 0.1) is 0 Å². The Kier molecular flexibility index (Phi) is 1.37. The highest BCUT2D eigenvalue weighted by molar-refractivity contribution is 7.20. The van der Waals surface area contributed by atoms with Crippen LogP contribution < -0.4 is 0 Å². The molecule has 0 aliphatic carbocycles. The molecule has 2 rings (SSSR count). The Morgan fingerprint density at radius 1 is 1.40 bits per heavy atom. The number of hydrogen-bond acceptors (Lipinski definition) is 2. The number of fused-ring (bicyclic) bond motifs is 1. The highest BCUT2D eigenvalue weighted by Crippen LogP contribution is 2.23. The zero-order valence-electron chi connectivity index (χ0n) is 4.71. The van der Waals surface area contributed by atoms with Gasteiger partial charge in [0.05, 0.1) is 0 Å². The Labute approximate surface area is 71.0 Å². The van der Waals surface area contributed by atoms with Crippen molar-refractivity contribution in [3.8, 4) is 0 Å². The van der Waals surface area contributed by atoms with Crippen molar-refractivity contribution >= 4 is 39.5 Å². The second-order valence-electron chi connectivity index (χ2n) is 1.79. The van der Waals surface area contributed by atoms with Crippen LogP contribution in [0.2, 0.25) is 9.49 Å². The molecule has 0 bridgehead atoms. The van der Waals surface area contributed by atoms with Gasteiger partial charge in [0.15, 0.2) is 4.96 Å². The van der Waals surface area contributed by atoms with Crippen LogP contribution in [0.1, 0.15) is 0 Å². The summed E-state index contributed by atoms with van der Waals surface area (Å²) in [4.78, 5) is 4.83. The summed E-state index contributed by atoms with van der Waals surface area (Å²) >= 11 is 12.7. The van der Waals surface area contributed by atoms with Crippen LogP contribution in [-0.2, 0) is 0 Å². The van der Waals surface area contributed by atoms with Gasteiger partial charge in [0.2, 0.25) is 0 Å². The van der Waals surface area contributed by atoms with E-state index in [9.17, 15) is 0 Å². The molecule has 0 fully saturated rings. The third kappa shape index (κ3) is 0.905. The summed E-state index contributed by atoms with van der Waals surface area (Å²) in [5.41, 5.74) is 0. The van der Waals surface area contributed by atoms with Crippen molar-refractivity contribution in [3.63, 3.8) is 0 Å². The van der Waals surface area contributed by atoms with Crippen LogP contribution in [0.3, 0.4) is 0 Å². The topological polar surface area (TPSA) is 17.3 Å². The van der Waals surface area contributed by atoms with Gasteiger partial charge in [-0.05, 0) is 0 Å². The lowest BCUT2D eigenvalue weighted by Gasteiger charge is -1.72. The minimum atomic E-state index is 0.503. The van der Waals surface area contributed by atoms with Crippen LogP contribution in [-0.4, -0.2) is 9.38 Å². The van der Waals surface area contributed by atoms with Crippen molar-refractivity contribution in [2.45, 2.75) is 0 Å². The van der Waals surface area contributed by atoms with Gasteiger partial charge in [-0.1, -0.05) is 34.5 Å². The summed E-state index contributed by atoms with van der Waals surface area (Å²) in [5, 5.41) is 0.503. The summed E-state index contributed by atoms with van der Waals surface area (Å²) < 4.78 is 2.52. The quantitative estimate of drug-likeness (QED) is 0.628. The molecule has 0 amide bonds. The third-order valence-corrected chi connectivity index (χ3v) is 2.39. The summed E-state index contributed by atoms with van der Waals surface area (Å²) in [6.07, 6.45) is 3.50. The SMILES string of the molecule is Clc1cn2cc(Cl)sc2n1. The molecule has 0 atom stereocenters. The monoisotopic (exact) mass is 192 g/mol. The molecule has 10 heavy (non-hydrogen) atoms. The Morgan fingerprint density at radius 3 is 2.90 bits per heavy atom. The maximum absolute atomic E-state index is 5.69. The highest BCUT2D eigenvalue weighted by atomic mass is 35.5. The minimum Gasteiger partial charge on any atom is -0.295 e. The molecular weight excluding hydrogens is 191 g/mol. The Bertz CT molecular complexity index is 301. The smallest absolute Gasteiger partial charge is 0.196 e. The first-order valence-electron chi connectivity index (χ1n) is 2.55. The van der Waals surface area contributed by atoms with E-state index in [0.29, 0.717) is 5.15 Å². The number of thiazole rings is 1. The zero-order valence-corrected chi connectivity index (χ0v) is 7.04. The molecule has 2 nitrogen and oxygen atoms in total. The summed E-state index contributed by atoms with van der Waals surface area (Å²) in [7, 11) is 0. The predicted octanol–water partition coefficient (Wildman–Crippen LogP) is 2.70. The van der Waals surface area contributed by atoms with E-state index >= 15 is 0 Å². The Balaban J connectivity index is 2.83. The molecule has 0 spiro atoms. The third-order valence-electron chi connectivity index (χ3n) is 1.10. The lowest BCUT2D eigenvalue weighted by atomic mass is 10.9. The molecule has 0 saturated heterocycles. The van der Waals surface area contributed by atoms with Crippen molar-refractivity contribution in [1.29, 1.82) is 0 Å². The van der Waals surface area contributed by atoms with Gasteiger partial charge in [-0.2, -0.15) is 0 Å². The Hall–Kier alpha value is -0.250. The maximum Gasteiger partial charge on any atom is 0.196 e. The largest absolute Gasteiger partial charge is 0.295 e. The second kappa shape index (κ2) is 2.12. The maximum atomic E-state index is 5.69. The lowest BCUT2D eigenvalue weighted by Crippen LogP contribution is -1.66. The van der Waals surface area contributed by atoms with Crippen LogP contribution in [0.25, 0.3) is 4.96 Å². The summed E-state index contributed by atoms with van der Waals surface area (Å²) in [6.45, 7) is 0. The number of halogens is 2. The van der Waals surface area contributed by atoms with Crippen LogP contribution >= 0.6 is 34.5 Å². The van der Waals surface area contributed by atoms with Crippen molar-refractivity contribution < 1.29 is 0 Å². The van der Waals surface area contributed by atoms with Gasteiger partial charge in [-0.25, -0.2) is 4.98 Å². The van der Waals surface area contributed by atoms with Crippen molar-refractivity contribution in [3.05, 3.63) is 21.9 Å². The van der Waals surface area contributed by atoms with Gasteiger partial charge in [-0.3, -0.25) is 4.40 Å². The standard InChI is InChI=1S/C5H2Cl2N2S/c6-3-1-9-2-4(7)10-5(9)8-3/h1-2H. The van der Waals surface area contributed by atoms with Crippen molar-refractivity contribution in [2.75, 3.05) is 0 Å². The highest BCUT2D eigenvalue weighted by Gasteiger charge is 2.01. The molecule has 2 heterocycles. The Morgan fingerprint density at radius 2 is 2.20 bits per heavy atom. The van der Waals surface area contributed by atoms with E-state index in [-0.39, 0.29) is 0 Å². The molecule has 0 aliphatic heterocycles. The molecule has 2 aromatic heterocycles. The predicted molar refractivity (Wildman–Crippen MR) is 43.1 cm³/mol. The first-order chi connectivity index (χ1) is 4.75. The van der Waals surface area contributed by atoms with Crippen LogP contribution in [0.4, 0.5) is 0 Å². The number of imidazole rings is 1. The first kappa shape index (κ1) is 6.46. The fraction of sp³-hybridized carbons (Fsp3) is 0. The van der Waals surface area contributed by atoms with E-state index in [2.05, 4.69) is 4.98 Å². The molecule has 0 aromatic carbocycles. The zero-order chi connectivity index (χ0) is 7.14. The fourth-order valence-electron chi connectivity index (χ4n) is 0.739. The van der Waals surface area contributed by atoms with Crippen molar-refractivity contribution in [2.24, 2.45) is 0 Å². The van der Waals surface area contributed by atoms with E-state index < -0.39 is 0 Å². The molecule has 0 unspecified atom stereocenters. The molecule has 2 aromatic rings. The minimum absolute atomic E-state index is 0.503. The summed E-state index contributed by atoms with van der Waals surface area (Å²) in [6, 6.07) is 0.